The smallest absolute Gasteiger partial charge is 0.265 e. The normalized spacial score (nSPS) is 22.0. The molecular formula is C19H20N2O5. The van der Waals surface area contributed by atoms with Crippen LogP contribution in [0.3, 0.4) is 0 Å². The molecule has 0 radical (unpaired) electrons. The fourth-order valence-corrected chi connectivity index (χ4v) is 3.11. The molecule has 2 aliphatic rings. The number of ether oxygens (including phenoxy) is 2. The van der Waals surface area contributed by atoms with E-state index >= 15 is 0 Å². The lowest BCUT2D eigenvalue weighted by Gasteiger charge is -2.39. The van der Waals surface area contributed by atoms with E-state index < -0.39 is 11.5 Å². The second kappa shape index (κ2) is 6.68. The van der Waals surface area contributed by atoms with Crippen LogP contribution >= 0.6 is 0 Å². The molecule has 1 aromatic rings. The van der Waals surface area contributed by atoms with Crippen LogP contribution in [0, 0.1) is 0 Å². The fraction of sp³-hybridized carbons (Fsp3) is 0.263. The Bertz CT molecular complexity index is 838. The van der Waals surface area contributed by atoms with Crippen molar-refractivity contribution in [3.8, 4) is 5.75 Å². The molecule has 1 aliphatic heterocycles. The van der Waals surface area contributed by atoms with Crippen LogP contribution < -0.4 is 10.1 Å². The molecule has 1 atom stereocenters. The molecule has 136 valence electrons. The number of nitrogens with one attached hydrogen (secondary N) is 1. The number of fused-ring (bicyclic) bond motifs is 1. The summed E-state index contributed by atoms with van der Waals surface area (Å²) in [6.07, 6.45) is 4.68. The molecule has 0 saturated carbocycles. The summed E-state index contributed by atoms with van der Waals surface area (Å²) in [5.41, 5.74) is -0.274. The third kappa shape index (κ3) is 2.76. The van der Waals surface area contributed by atoms with E-state index in [9.17, 15) is 14.7 Å². The van der Waals surface area contributed by atoms with E-state index in [1.165, 1.54) is 12.0 Å². The monoisotopic (exact) mass is 356 g/mol. The molecule has 0 bridgehead atoms. The van der Waals surface area contributed by atoms with Crippen LogP contribution in [0.4, 0.5) is 5.69 Å². The minimum atomic E-state index is -1.54. The summed E-state index contributed by atoms with van der Waals surface area (Å²) >= 11 is 0. The number of hydrogen-bond acceptors (Lipinski definition) is 5. The standard InChI is InChI=1S/C19H20N2O5/c1-21-14-5-4-10-19(26-3,17(14)15(22)11-16(21)23)18(24)20-12-6-8-13(25-2)9-7-12/h4-10,22H,11H2,1-3H3,(H,20,24). The zero-order valence-corrected chi connectivity index (χ0v) is 14.8. The Kier molecular flexibility index (Phi) is 4.56. The zero-order chi connectivity index (χ0) is 18.9. The van der Waals surface area contributed by atoms with E-state index in [0.29, 0.717) is 17.1 Å². The van der Waals surface area contributed by atoms with Gasteiger partial charge in [-0.15, -0.1) is 0 Å². The number of carbonyl (C=O) groups excluding carboxylic acids is 2. The van der Waals surface area contributed by atoms with Crippen molar-refractivity contribution in [1.29, 1.82) is 0 Å². The highest BCUT2D eigenvalue weighted by Crippen LogP contribution is 2.40. The topological polar surface area (TPSA) is 88.1 Å². The zero-order valence-electron chi connectivity index (χ0n) is 14.8. The van der Waals surface area contributed by atoms with Crippen molar-refractivity contribution >= 4 is 17.5 Å². The van der Waals surface area contributed by atoms with E-state index in [1.54, 1.807) is 56.7 Å². The number of benzene rings is 1. The fourth-order valence-electron chi connectivity index (χ4n) is 3.11. The van der Waals surface area contributed by atoms with Crippen LogP contribution in [-0.4, -0.2) is 48.7 Å². The molecule has 0 fully saturated rings. The lowest BCUT2D eigenvalue weighted by molar-refractivity contribution is -0.132. The highest BCUT2D eigenvalue weighted by molar-refractivity contribution is 6.03. The van der Waals surface area contributed by atoms with Gasteiger partial charge in [0.2, 0.25) is 5.91 Å². The van der Waals surface area contributed by atoms with Gasteiger partial charge in [0.25, 0.3) is 5.91 Å². The lowest BCUT2D eigenvalue weighted by Crippen LogP contribution is -2.50. The largest absolute Gasteiger partial charge is 0.511 e. The first-order chi connectivity index (χ1) is 12.4. The van der Waals surface area contributed by atoms with Crippen molar-refractivity contribution in [2.24, 2.45) is 0 Å². The first kappa shape index (κ1) is 17.8. The molecular weight excluding hydrogens is 336 g/mol. The molecule has 7 nitrogen and oxygen atoms in total. The first-order valence-corrected chi connectivity index (χ1v) is 8.02. The maximum atomic E-state index is 13.1. The number of anilines is 1. The number of nitrogens with zero attached hydrogens (tertiary/aromatic N) is 1. The number of aliphatic hydroxyl groups is 1. The average molecular weight is 356 g/mol. The quantitative estimate of drug-likeness (QED) is 0.863. The Balaban J connectivity index is 1.98. The van der Waals surface area contributed by atoms with Crippen molar-refractivity contribution in [3.05, 3.63) is 59.5 Å². The van der Waals surface area contributed by atoms with E-state index in [1.807, 2.05) is 0 Å². The number of methoxy groups -OCH3 is 2. The minimum Gasteiger partial charge on any atom is -0.511 e. The number of likely N-dealkylation sites (N-methyl/N-ethyl adjacent to an activating group) is 1. The van der Waals surface area contributed by atoms with Crippen LogP contribution in [0.5, 0.6) is 5.75 Å². The number of carbonyl (C=O) groups is 2. The predicted octanol–water partition coefficient (Wildman–Crippen LogP) is 2.15. The molecule has 1 aromatic carbocycles. The molecule has 2 amide bonds. The summed E-state index contributed by atoms with van der Waals surface area (Å²) in [6.45, 7) is 0. The van der Waals surface area contributed by atoms with Crippen LogP contribution in [0.2, 0.25) is 0 Å². The summed E-state index contributed by atoms with van der Waals surface area (Å²) in [6, 6.07) is 6.85. The summed E-state index contributed by atoms with van der Waals surface area (Å²) in [4.78, 5) is 26.5. The van der Waals surface area contributed by atoms with Gasteiger partial charge in [-0.1, -0.05) is 6.08 Å². The summed E-state index contributed by atoms with van der Waals surface area (Å²) in [5, 5.41) is 13.2. The van der Waals surface area contributed by atoms with Crippen LogP contribution in [0.15, 0.2) is 59.5 Å². The average Bonchev–Trinajstić information content (AvgIpc) is 2.66. The number of amides is 2. The second-order valence-corrected chi connectivity index (χ2v) is 5.98. The van der Waals surface area contributed by atoms with E-state index in [2.05, 4.69) is 5.32 Å². The van der Waals surface area contributed by atoms with Gasteiger partial charge in [-0.05, 0) is 36.4 Å². The lowest BCUT2D eigenvalue weighted by atomic mass is 9.82. The van der Waals surface area contributed by atoms with Crippen molar-refractivity contribution in [2.45, 2.75) is 12.0 Å². The first-order valence-electron chi connectivity index (χ1n) is 8.02. The Hall–Kier alpha value is -3.06. The number of aliphatic hydroxyl groups excluding tert-OH is 1. The van der Waals surface area contributed by atoms with Gasteiger partial charge < -0.3 is 24.8 Å². The summed E-state index contributed by atoms with van der Waals surface area (Å²) in [7, 11) is 4.55. The van der Waals surface area contributed by atoms with Gasteiger partial charge in [-0.3, -0.25) is 9.59 Å². The molecule has 3 rings (SSSR count). The van der Waals surface area contributed by atoms with Gasteiger partial charge in [-0.25, -0.2) is 0 Å². The molecule has 1 aliphatic carbocycles. The molecule has 0 spiro atoms. The van der Waals surface area contributed by atoms with E-state index in [0.717, 1.165) is 0 Å². The number of allylic oxidation sites excluding steroid dienone is 2. The van der Waals surface area contributed by atoms with Gasteiger partial charge in [-0.2, -0.15) is 0 Å². The number of rotatable bonds is 4. The molecule has 1 unspecified atom stereocenters. The van der Waals surface area contributed by atoms with Crippen LogP contribution in [0.1, 0.15) is 6.42 Å². The highest BCUT2D eigenvalue weighted by atomic mass is 16.5. The van der Waals surface area contributed by atoms with Gasteiger partial charge >= 0.3 is 0 Å². The molecule has 1 heterocycles. The van der Waals surface area contributed by atoms with Crippen LogP contribution in [-0.2, 0) is 14.3 Å². The molecule has 26 heavy (non-hydrogen) atoms. The van der Waals surface area contributed by atoms with Crippen molar-refractivity contribution in [1.82, 2.24) is 4.90 Å². The number of hydrogen-bond donors (Lipinski definition) is 2. The summed E-state index contributed by atoms with van der Waals surface area (Å²) < 4.78 is 10.7. The maximum absolute atomic E-state index is 13.1. The van der Waals surface area contributed by atoms with Gasteiger partial charge in [0.05, 0.1) is 24.8 Å². The van der Waals surface area contributed by atoms with Crippen molar-refractivity contribution in [3.63, 3.8) is 0 Å². The Morgan fingerprint density at radius 1 is 1.27 bits per heavy atom. The third-order valence-electron chi connectivity index (χ3n) is 4.56. The Morgan fingerprint density at radius 3 is 2.58 bits per heavy atom. The Labute approximate surface area is 151 Å². The molecule has 0 saturated heterocycles. The third-order valence-corrected chi connectivity index (χ3v) is 4.56. The van der Waals surface area contributed by atoms with Gasteiger partial charge in [0, 0.05) is 19.8 Å². The second-order valence-electron chi connectivity index (χ2n) is 5.98. The molecule has 7 heteroatoms. The molecule has 2 N–H and O–H groups in total. The van der Waals surface area contributed by atoms with Crippen molar-refractivity contribution in [2.75, 3.05) is 26.6 Å². The van der Waals surface area contributed by atoms with E-state index in [-0.39, 0.29) is 23.7 Å². The van der Waals surface area contributed by atoms with Crippen LogP contribution in [0.25, 0.3) is 0 Å². The predicted molar refractivity (Wildman–Crippen MR) is 95.6 cm³/mol. The van der Waals surface area contributed by atoms with Gasteiger partial charge in [0.15, 0.2) is 5.60 Å². The summed E-state index contributed by atoms with van der Waals surface area (Å²) in [5.74, 6) is -0.236. The van der Waals surface area contributed by atoms with Gasteiger partial charge in [0.1, 0.15) is 11.5 Å². The minimum absolute atomic E-state index is 0.171. The van der Waals surface area contributed by atoms with Crippen molar-refractivity contribution < 1.29 is 24.2 Å². The van der Waals surface area contributed by atoms with E-state index in [4.69, 9.17) is 9.47 Å². The Morgan fingerprint density at radius 2 is 1.96 bits per heavy atom. The maximum Gasteiger partial charge on any atom is 0.265 e. The SMILES string of the molecule is COc1ccc(NC(=O)C2(OC)C=CC=C3C2=C(O)CC(=O)N3C)cc1. The molecule has 0 aromatic heterocycles. The highest BCUT2D eigenvalue weighted by Gasteiger charge is 2.48.